The zero-order valence-corrected chi connectivity index (χ0v) is 14.2. The topological polar surface area (TPSA) is 110 Å². The first-order valence-corrected chi connectivity index (χ1v) is 8.29. The van der Waals surface area contributed by atoms with E-state index in [4.69, 9.17) is 25.5 Å². The number of aliphatic hydroxyl groups is 5. The predicted octanol–water partition coefficient (Wildman–Crippen LogP) is 0.636. The molecule has 0 spiro atoms. The van der Waals surface area contributed by atoms with Crippen LogP contribution in [0.5, 0.6) is 0 Å². The standard InChI is InChI=1S/C14H12.C6H12O6/c1-3-7-13(8-4-1)11-12-14-9-5-2-6-10-14;7-1-2-3(8)4(9)5(10)6(11)12-2/h1-12H;2-11H,1H2/t;2-,3-,4+,5-,6?/m.1/s1. The van der Waals surface area contributed by atoms with Gasteiger partial charge < -0.3 is 30.3 Å². The van der Waals surface area contributed by atoms with Gasteiger partial charge in [0.1, 0.15) is 24.4 Å². The molecule has 6 nitrogen and oxygen atoms in total. The van der Waals surface area contributed by atoms with Gasteiger partial charge in [0.05, 0.1) is 6.61 Å². The van der Waals surface area contributed by atoms with Gasteiger partial charge in [-0.25, -0.2) is 0 Å². The number of hydrogen-bond donors (Lipinski definition) is 5. The Labute approximate surface area is 152 Å². The highest BCUT2D eigenvalue weighted by Gasteiger charge is 2.42. The molecule has 1 saturated heterocycles. The summed E-state index contributed by atoms with van der Waals surface area (Å²) >= 11 is 0. The van der Waals surface area contributed by atoms with Crippen molar-refractivity contribution in [2.24, 2.45) is 0 Å². The largest absolute Gasteiger partial charge is 0.394 e. The van der Waals surface area contributed by atoms with Crippen LogP contribution in [0.15, 0.2) is 60.7 Å². The Hall–Kier alpha value is -2.06. The predicted molar refractivity (Wildman–Crippen MR) is 97.8 cm³/mol. The maximum Gasteiger partial charge on any atom is 0.184 e. The number of aliphatic hydroxyl groups excluding tert-OH is 5. The number of ether oxygens (including phenoxy) is 1. The summed E-state index contributed by atoms with van der Waals surface area (Å²) in [5.74, 6) is 0. The fraction of sp³-hybridized carbons (Fsp3) is 0.300. The highest BCUT2D eigenvalue weighted by molar-refractivity contribution is 5.69. The molecule has 1 aliphatic heterocycles. The fourth-order valence-corrected chi connectivity index (χ4v) is 2.40. The summed E-state index contributed by atoms with van der Waals surface area (Å²) in [5.41, 5.74) is 2.47. The highest BCUT2D eigenvalue weighted by Crippen LogP contribution is 2.19. The van der Waals surface area contributed by atoms with Gasteiger partial charge >= 0.3 is 0 Å². The molecule has 0 amide bonds. The Morgan fingerprint density at radius 1 is 0.692 bits per heavy atom. The quantitative estimate of drug-likeness (QED) is 0.514. The van der Waals surface area contributed by atoms with Gasteiger partial charge in [-0.05, 0) is 11.1 Å². The summed E-state index contributed by atoms with van der Waals surface area (Å²) in [6, 6.07) is 20.6. The molecule has 2 aromatic carbocycles. The molecule has 26 heavy (non-hydrogen) atoms. The van der Waals surface area contributed by atoms with Crippen LogP contribution in [-0.2, 0) is 4.74 Å². The van der Waals surface area contributed by atoms with Crippen molar-refractivity contribution in [2.45, 2.75) is 30.7 Å². The van der Waals surface area contributed by atoms with Gasteiger partial charge in [0.25, 0.3) is 0 Å². The summed E-state index contributed by atoms with van der Waals surface area (Å²) in [6.45, 7) is -0.526. The van der Waals surface area contributed by atoms with Crippen molar-refractivity contribution in [1.82, 2.24) is 0 Å². The Morgan fingerprint density at radius 2 is 1.15 bits per heavy atom. The molecule has 3 rings (SSSR count). The maximum atomic E-state index is 9.12. The number of rotatable bonds is 3. The molecule has 0 bridgehead atoms. The first-order valence-electron chi connectivity index (χ1n) is 8.29. The molecule has 6 heteroatoms. The van der Waals surface area contributed by atoms with Crippen molar-refractivity contribution in [3.05, 3.63) is 71.8 Å². The van der Waals surface area contributed by atoms with Crippen LogP contribution in [0.2, 0.25) is 0 Å². The third-order valence-electron chi connectivity index (χ3n) is 3.93. The van der Waals surface area contributed by atoms with Crippen molar-refractivity contribution in [1.29, 1.82) is 0 Å². The molecule has 1 unspecified atom stereocenters. The molecule has 1 heterocycles. The van der Waals surface area contributed by atoms with Crippen LogP contribution >= 0.6 is 0 Å². The van der Waals surface area contributed by atoms with Gasteiger partial charge in [0.2, 0.25) is 0 Å². The number of benzene rings is 2. The molecule has 0 aromatic heterocycles. The monoisotopic (exact) mass is 360 g/mol. The average molecular weight is 360 g/mol. The fourth-order valence-electron chi connectivity index (χ4n) is 2.40. The lowest BCUT2D eigenvalue weighted by Crippen LogP contribution is -2.58. The zero-order valence-electron chi connectivity index (χ0n) is 14.2. The molecule has 1 fully saturated rings. The highest BCUT2D eigenvalue weighted by atomic mass is 16.6. The van der Waals surface area contributed by atoms with Gasteiger partial charge in [0, 0.05) is 0 Å². The SMILES string of the molecule is C(=Cc1ccccc1)c1ccccc1.OC[C@H]1OC(O)[C@H](O)[C@@H](O)[C@@H]1O. The van der Waals surface area contributed by atoms with E-state index in [0.29, 0.717) is 0 Å². The van der Waals surface area contributed by atoms with Crippen molar-refractivity contribution < 1.29 is 30.3 Å². The third-order valence-corrected chi connectivity index (χ3v) is 3.93. The summed E-state index contributed by atoms with van der Waals surface area (Å²) < 4.78 is 4.58. The van der Waals surface area contributed by atoms with Crippen LogP contribution in [0.25, 0.3) is 12.2 Å². The molecule has 0 radical (unpaired) electrons. The van der Waals surface area contributed by atoms with E-state index < -0.39 is 37.3 Å². The zero-order chi connectivity index (χ0) is 18.9. The summed E-state index contributed by atoms with van der Waals surface area (Å²) in [7, 11) is 0. The van der Waals surface area contributed by atoms with Crippen LogP contribution in [0.3, 0.4) is 0 Å². The molecule has 2 aromatic rings. The van der Waals surface area contributed by atoms with Gasteiger partial charge in [-0.1, -0.05) is 72.8 Å². The third kappa shape index (κ3) is 5.74. The van der Waals surface area contributed by atoms with E-state index in [9.17, 15) is 0 Å². The normalized spacial score (nSPS) is 28.4. The van der Waals surface area contributed by atoms with E-state index in [1.165, 1.54) is 11.1 Å². The second-order valence-electron chi connectivity index (χ2n) is 5.87. The smallest absolute Gasteiger partial charge is 0.184 e. The Bertz CT molecular complexity index is 614. The lowest BCUT2D eigenvalue weighted by atomic mass is 10.00. The summed E-state index contributed by atoms with van der Waals surface area (Å²) in [6.07, 6.45) is -2.80. The minimum Gasteiger partial charge on any atom is -0.394 e. The molecule has 0 aliphatic carbocycles. The Morgan fingerprint density at radius 3 is 1.58 bits per heavy atom. The van der Waals surface area contributed by atoms with E-state index in [1.54, 1.807) is 0 Å². The molecule has 5 atom stereocenters. The van der Waals surface area contributed by atoms with Crippen molar-refractivity contribution >= 4 is 12.2 Å². The minimum absolute atomic E-state index is 0.526. The van der Waals surface area contributed by atoms with Crippen molar-refractivity contribution in [2.75, 3.05) is 6.61 Å². The van der Waals surface area contributed by atoms with Gasteiger partial charge in [-0.15, -0.1) is 0 Å². The summed E-state index contributed by atoms with van der Waals surface area (Å²) in [4.78, 5) is 0. The second-order valence-corrected chi connectivity index (χ2v) is 5.87. The maximum absolute atomic E-state index is 9.12. The first kappa shape index (κ1) is 20.3. The van der Waals surface area contributed by atoms with Crippen LogP contribution in [-0.4, -0.2) is 62.8 Å². The molecule has 140 valence electrons. The van der Waals surface area contributed by atoms with Crippen LogP contribution in [0, 0.1) is 0 Å². The van der Waals surface area contributed by atoms with Gasteiger partial charge in [-0.2, -0.15) is 0 Å². The lowest BCUT2D eigenvalue weighted by molar-refractivity contribution is -0.286. The minimum atomic E-state index is -1.57. The van der Waals surface area contributed by atoms with Crippen LogP contribution in [0.1, 0.15) is 11.1 Å². The van der Waals surface area contributed by atoms with Gasteiger partial charge in [0.15, 0.2) is 6.29 Å². The second kappa shape index (κ2) is 10.2. The van der Waals surface area contributed by atoms with E-state index in [1.807, 2.05) is 36.4 Å². The van der Waals surface area contributed by atoms with E-state index in [-0.39, 0.29) is 0 Å². The van der Waals surface area contributed by atoms with E-state index in [0.717, 1.165) is 0 Å². The molecule has 5 N–H and O–H groups in total. The molecule has 0 saturated carbocycles. The van der Waals surface area contributed by atoms with Crippen molar-refractivity contribution in [3.63, 3.8) is 0 Å². The Balaban J connectivity index is 0.000000190. The lowest BCUT2D eigenvalue weighted by Gasteiger charge is -2.37. The molecular weight excluding hydrogens is 336 g/mol. The molecule has 1 aliphatic rings. The van der Waals surface area contributed by atoms with E-state index >= 15 is 0 Å². The first-order chi connectivity index (χ1) is 12.5. The Kier molecular flexibility index (Phi) is 7.93. The van der Waals surface area contributed by atoms with Crippen LogP contribution < -0.4 is 0 Å². The van der Waals surface area contributed by atoms with Crippen LogP contribution in [0.4, 0.5) is 0 Å². The van der Waals surface area contributed by atoms with Crippen molar-refractivity contribution in [3.8, 4) is 0 Å². The average Bonchev–Trinajstić information content (AvgIpc) is 2.69. The summed E-state index contributed by atoms with van der Waals surface area (Å²) in [5, 5.41) is 44.7. The molecular formula is C20H24O6. The number of hydrogen-bond acceptors (Lipinski definition) is 6. The van der Waals surface area contributed by atoms with E-state index in [2.05, 4.69) is 41.2 Å². The van der Waals surface area contributed by atoms with Gasteiger partial charge in [-0.3, -0.25) is 0 Å².